The van der Waals surface area contributed by atoms with Crippen molar-refractivity contribution in [2.75, 3.05) is 17.2 Å². The second kappa shape index (κ2) is 8.47. The minimum Gasteiger partial charge on any atom is -0.366 e. The third kappa shape index (κ3) is 4.71. The Labute approximate surface area is 163 Å². The summed E-state index contributed by atoms with van der Waals surface area (Å²) < 4.78 is 0. The van der Waals surface area contributed by atoms with E-state index in [0.717, 1.165) is 11.1 Å². The lowest BCUT2D eigenvalue weighted by Gasteiger charge is -2.11. The van der Waals surface area contributed by atoms with Gasteiger partial charge in [-0.25, -0.2) is 9.97 Å². The molecule has 1 heterocycles. The van der Waals surface area contributed by atoms with Gasteiger partial charge in [0.15, 0.2) is 5.82 Å². The molecule has 6 heteroatoms. The predicted octanol–water partition coefficient (Wildman–Crippen LogP) is 4.96. The minimum absolute atomic E-state index is 0.268. The zero-order valence-corrected chi connectivity index (χ0v) is 15.6. The van der Waals surface area contributed by atoms with Gasteiger partial charge in [0.2, 0.25) is 0 Å². The fourth-order valence-electron chi connectivity index (χ4n) is 2.50. The second-order valence-corrected chi connectivity index (χ2v) is 6.35. The SMILES string of the molecule is C=CCNc1cc(C(=O)Nc2ccc(Cl)cc2C)nc(-c2ccccc2)n1. The first kappa shape index (κ1) is 18.6. The number of amides is 1. The molecule has 0 saturated heterocycles. The molecule has 136 valence electrons. The molecule has 0 bridgehead atoms. The number of aromatic nitrogens is 2. The fraction of sp³-hybridized carbons (Fsp3) is 0.0952. The van der Waals surface area contributed by atoms with E-state index in [4.69, 9.17) is 11.6 Å². The maximum atomic E-state index is 12.8. The highest BCUT2D eigenvalue weighted by Gasteiger charge is 2.14. The molecule has 2 aromatic carbocycles. The van der Waals surface area contributed by atoms with Gasteiger partial charge in [0.05, 0.1) is 0 Å². The molecule has 3 aromatic rings. The number of hydrogen-bond donors (Lipinski definition) is 2. The van der Waals surface area contributed by atoms with Crippen LogP contribution in [0.4, 0.5) is 11.5 Å². The number of anilines is 2. The van der Waals surface area contributed by atoms with E-state index >= 15 is 0 Å². The van der Waals surface area contributed by atoms with Crippen LogP contribution in [0.15, 0.2) is 67.3 Å². The number of hydrogen-bond acceptors (Lipinski definition) is 4. The van der Waals surface area contributed by atoms with Crippen molar-refractivity contribution in [1.29, 1.82) is 0 Å². The maximum Gasteiger partial charge on any atom is 0.274 e. The standard InChI is InChI=1S/C21H19ClN4O/c1-3-11-23-19-13-18(24-20(26-19)15-7-5-4-6-8-15)21(27)25-17-10-9-16(22)12-14(17)2/h3-10,12-13H,1,11H2,2H3,(H,25,27)(H,23,24,26). The van der Waals surface area contributed by atoms with Gasteiger partial charge in [0.25, 0.3) is 5.91 Å². The normalized spacial score (nSPS) is 10.3. The fourth-order valence-corrected chi connectivity index (χ4v) is 2.73. The third-order valence-corrected chi connectivity index (χ3v) is 4.09. The number of rotatable bonds is 6. The molecule has 1 aromatic heterocycles. The smallest absolute Gasteiger partial charge is 0.274 e. The molecule has 0 aliphatic carbocycles. The molecule has 3 rings (SSSR count). The Morgan fingerprint density at radius 3 is 2.63 bits per heavy atom. The lowest BCUT2D eigenvalue weighted by atomic mass is 10.2. The van der Waals surface area contributed by atoms with Crippen molar-refractivity contribution in [3.63, 3.8) is 0 Å². The maximum absolute atomic E-state index is 12.8. The van der Waals surface area contributed by atoms with Gasteiger partial charge in [-0.3, -0.25) is 4.79 Å². The quantitative estimate of drug-likeness (QED) is 0.595. The Balaban J connectivity index is 1.95. The van der Waals surface area contributed by atoms with Gasteiger partial charge in [-0.05, 0) is 30.7 Å². The van der Waals surface area contributed by atoms with E-state index in [2.05, 4.69) is 27.2 Å². The topological polar surface area (TPSA) is 66.9 Å². The van der Waals surface area contributed by atoms with Gasteiger partial charge >= 0.3 is 0 Å². The largest absolute Gasteiger partial charge is 0.366 e. The summed E-state index contributed by atoms with van der Waals surface area (Å²) in [7, 11) is 0. The number of carbonyl (C=O) groups is 1. The van der Waals surface area contributed by atoms with Crippen molar-refractivity contribution in [3.8, 4) is 11.4 Å². The molecular formula is C21H19ClN4O. The van der Waals surface area contributed by atoms with Crippen LogP contribution < -0.4 is 10.6 Å². The van der Waals surface area contributed by atoms with E-state index in [1.807, 2.05) is 37.3 Å². The highest BCUT2D eigenvalue weighted by atomic mass is 35.5. The number of nitrogens with one attached hydrogen (secondary N) is 2. The van der Waals surface area contributed by atoms with Gasteiger partial charge < -0.3 is 10.6 Å². The van der Waals surface area contributed by atoms with Crippen molar-refractivity contribution >= 4 is 29.0 Å². The summed E-state index contributed by atoms with van der Waals surface area (Å²) >= 11 is 5.98. The molecule has 0 aliphatic heterocycles. The van der Waals surface area contributed by atoms with E-state index in [-0.39, 0.29) is 11.6 Å². The van der Waals surface area contributed by atoms with E-state index in [9.17, 15) is 4.79 Å². The molecule has 0 saturated carbocycles. The Morgan fingerprint density at radius 2 is 1.93 bits per heavy atom. The molecule has 0 unspecified atom stereocenters. The van der Waals surface area contributed by atoms with E-state index in [1.54, 1.807) is 30.3 Å². The summed E-state index contributed by atoms with van der Waals surface area (Å²) in [5.74, 6) is 0.714. The third-order valence-electron chi connectivity index (χ3n) is 3.85. The van der Waals surface area contributed by atoms with Crippen molar-refractivity contribution < 1.29 is 4.79 Å². The van der Waals surface area contributed by atoms with Crippen LogP contribution in [0.25, 0.3) is 11.4 Å². The van der Waals surface area contributed by atoms with E-state index < -0.39 is 0 Å². The van der Waals surface area contributed by atoms with Crippen LogP contribution in [0.1, 0.15) is 16.1 Å². The van der Waals surface area contributed by atoms with Crippen molar-refractivity contribution in [3.05, 3.63) is 83.5 Å². The van der Waals surface area contributed by atoms with Crippen LogP contribution >= 0.6 is 11.6 Å². The number of carbonyl (C=O) groups excluding carboxylic acids is 1. The number of aryl methyl sites for hydroxylation is 1. The van der Waals surface area contributed by atoms with Crippen molar-refractivity contribution in [1.82, 2.24) is 9.97 Å². The summed E-state index contributed by atoms with van der Waals surface area (Å²) in [5, 5.41) is 6.62. The lowest BCUT2D eigenvalue weighted by Crippen LogP contribution is -2.16. The van der Waals surface area contributed by atoms with Gasteiger partial charge in [-0.2, -0.15) is 0 Å². The van der Waals surface area contributed by atoms with Crippen molar-refractivity contribution in [2.24, 2.45) is 0 Å². The molecule has 0 radical (unpaired) electrons. The summed E-state index contributed by atoms with van der Waals surface area (Å²) in [6.45, 7) is 6.10. The van der Waals surface area contributed by atoms with Crippen LogP contribution in [0.5, 0.6) is 0 Å². The van der Waals surface area contributed by atoms with Crippen LogP contribution in [-0.2, 0) is 0 Å². The van der Waals surface area contributed by atoms with Crippen LogP contribution in [0.2, 0.25) is 5.02 Å². The minimum atomic E-state index is -0.318. The van der Waals surface area contributed by atoms with Gasteiger partial charge in [0, 0.05) is 28.9 Å². The monoisotopic (exact) mass is 378 g/mol. The average Bonchev–Trinajstić information content (AvgIpc) is 2.69. The van der Waals surface area contributed by atoms with E-state index in [1.165, 1.54) is 0 Å². The first-order chi connectivity index (χ1) is 13.1. The molecule has 0 aliphatic rings. The number of nitrogens with zero attached hydrogens (tertiary/aromatic N) is 2. The highest BCUT2D eigenvalue weighted by molar-refractivity contribution is 6.30. The summed E-state index contributed by atoms with van der Waals surface area (Å²) in [6, 6.07) is 16.4. The second-order valence-electron chi connectivity index (χ2n) is 5.91. The zero-order chi connectivity index (χ0) is 19.2. The molecule has 0 fully saturated rings. The van der Waals surface area contributed by atoms with Crippen LogP contribution in [0.3, 0.4) is 0 Å². The average molecular weight is 379 g/mol. The summed E-state index contributed by atoms with van der Waals surface area (Å²) in [4.78, 5) is 21.7. The Hall–Kier alpha value is -3.18. The van der Waals surface area contributed by atoms with Crippen molar-refractivity contribution in [2.45, 2.75) is 6.92 Å². The number of benzene rings is 2. The highest BCUT2D eigenvalue weighted by Crippen LogP contribution is 2.22. The van der Waals surface area contributed by atoms with Crippen LogP contribution in [0, 0.1) is 6.92 Å². The number of halogens is 1. The molecule has 27 heavy (non-hydrogen) atoms. The first-order valence-corrected chi connectivity index (χ1v) is 8.81. The van der Waals surface area contributed by atoms with Crippen LogP contribution in [-0.4, -0.2) is 22.4 Å². The van der Waals surface area contributed by atoms with Gasteiger partial charge in [-0.15, -0.1) is 6.58 Å². The molecule has 0 atom stereocenters. The molecule has 2 N–H and O–H groups in total. The Morgan fingerprint density at radius 1 is 1.15 bits per heavy atom. The Bertz CT molecular complexity index is 973. The van der Waals surface area contributed by atoms with Gasteiger partial charge in [-0.1, -0.05) is 48.0 Å². The lowest BCUT2D eigenvalue weighted by molar-refractivity contribution is 0.102. The molecule has 0 spiro atoms. The molecular weight excluding hydrogens is 360 g/mol. The Kier molecular flexibility index (Phi) is 5.84. The molecule has 1 amide bonds. The molecule has 5 nitrogen and oxygen atoms in total. The first-order valence-electron chi connectivity index (χ1n) is 8.43. The predicted molar refractivity (Wildman–Crippen MR) is 110 cm³/mol. The summed E-state index contributed by atoms with van der Waals surface area (Å²) in [5.41, 5.74) is 2.66. The summed E-state index contributed by atoms with van der Waals surface area (Å²) in [6.07, 6.45) is 1.72. The van der Waals surface area contributed by atoms with E-state index in [0.29, 0.717) is 28.9 Å². The van der Waals surface area contributed by atoms with Gasteiger partial charge in [0.1, 0.15) is 11.5 Å². The zero-order valence-electron chi connectivity index (χ0n) is 14.9.